The summed E-state index contributed by atoms with van der Waals surface area (Å²) < 4.78 is 8.61. The van der Waals surface area contributed by atoms with Gasteiger partial charge in [0.1, 0.15) is 11.5 Å². The Balaban J connectivity index is 1.64. The van der Waals surface area contributed by atoms with E-state index in [1.54, 1.807) is 0 Å². The standard InChI is InChI=1S/C27H21NO/c1-27(2)21-11-5-8-14-25(21)29-26-16-15-18(17-22(26)27)28-23-12-6-3-9-19(23)20-10-4-7-13-24(20)28/h3-17H,1-2H3. The Labute approximate surface area is 170 Å². The highest BCUT2D eigenvalue weighted by molar-refractivity contribution is 6.09. The van der Waals surface area contributed by atoms with Crippen molar-refractivity contribution in [1.82, 2.24) is 4.57 Å². The van der Waals surface area contributed by atoms with Crippen molar-refractivity contribution in [3.63, 3.8) is 0 Å². The van der Waals surface area contributed by atoms with Crippen LogP contribution >= 0.6 is 0 Å². The first-order valence-corrected chi connectivity index (χ1v) is 10.0. The Morgan fingerprint density at radius 3 is 1.93 bits per heavy atom. The monoisotopic (exact) mass is 375 g/mol. The van der Waals surface area contributed by atoms with Gasteiger partial charge in [-0.3, -0.25) is 0 Å². The third-order valence-electron chi connectivity index (χ3n) is 6.26. The number of para-hydroxylation sites is 3. The molecule has 6 rings (SSSR count). The van der Waals surface area contributed by atoms with Crippen LogP contribution < -0.4 is 4.74 Å². The molecular weight excluding hydrogens is 354 g/mol. The number of hydrogen-bond acceptors (Lipinski definition) is 1. The molecule has 0 atom stereocenters. The van der Waals surface area contributed by atoms with Gasteiger partial charge in [0.15, 0.2) is 0 Å². The van der Waals surface area contributed by atoms with E-state index in [1.807, 2.05) is 6.07 Å². The number of hydrogen-bond donors (Lipinski definition) is 0. The van der Waals surface area contributed by atoms with E-state index in [0.717, 1.165) is 17.2 Å². The molecule has 29 heavy (non-hydrogen) atoms. The fourth-order valence-electron chi connectivity index (χ4n) is 4.77. The van der Waals surface area contributed by atoms with Crippen molar-refractivity contribution in [2.75, 3.05) is 0 Å². The van der Waals surface area contributed by atoms with Gasteiger partial charge in [0.05, 0.1) is 11.0 Å². The molecule has 0 saturated heterocycles. The molecule has 4 aromatic carbocycles. The number of fused-ring (bicyclic) bond motifs is 5. The average molecular weight is 375 g/mol. The minimum absolute atomic E-state index is 0.126. The van der Waals surface area contributed by atoms with Gasteiger partial charge < -0.3 is 9.30 Å². The minimum atomic E-state index is -0.126. The van der Waals surface area contributed by atoms with E-state index in [0.29, 0.717) is 0 Å². The summed E-state index contributed by atoms with van der Waals surface area (Å²) in [7, 11) is 0. The summed E-state index contributed by atoms with van der Waals surface area (Å²) in [4.78, 5) is 0. The van der Waals surface area contributed by atoms with E-state index in [9.17, 15) is 0 Å². The van der Waals surface area contributed by atoms with Crippen LogP contribution in [0.25, 0.3) is 27.5 Å². The van der Waals surface area contributed by atoms with Crippen molar-refractivity contribution >= 4 is 21.8 Å². The van der Waals surface area contributed by atoms with Gasteiger partial charge >= 0.3 is 0 Å². The zero-order valence-electron chi connectivity index (χ0n) is 16.5. The highest BCUT2D eigenvalue weighted by Gasteiger charge is 2.34. The lowest BCUT2D eigenvalue weighted by molar-refractivity contribution is 0.418. The number of rotatable bonds is 1. The highest BCUT2D eigenvalue weighted by atomic mass is 16.5. The lowest BCUT2D eigenvalue weighted by Crippen LogP contribution is -2.24. The van der Waals surface area contributed by atoms with Crippen molar-refractivity contribution in [2.24, 2.45) is 0 Å². The molecule has 0 spiro atoms. The number of aromatic nitrogens is 1. The SMILES string of the molecule is CC1(C)c2ccccc2Oc2ccc(-n3c4ccccc4c4ccccc43)cc21. The molecule has 0 radical (unpaired) electrons. The molecule has 0 amide bonds. The molecule has 0 unspecified atom stereocenters. The molecule has 0 aliphatic carbocycles. The van der Waals surface area contributed by atoms with Crippen LogP contribution in [0.5, 0.6) is 11.5 Å². The van der Waals surface area contributed by atoms with Crippen LogP contribution in [-0.4, -0.2) is 4.57 Å². The van der Waals surface area contributed by atoms with Gasteiger partial charge in [-0.1, -0.05) is 68.4 Å². The van der Waals surface area contributed by atoms with Gasteiger partial charge in [0, 0.05) is 33.0 Å². The van der Waals surface area contributed by atoms with E-state index in [2.05, 4.69) is 103 Å². The smallest absolute Gasteiger partial charge is 0.131 e. The third kappa shape index (κ3) is 2.23. The molecule has 2 heteroatoms. The molecule has 140 valence electrons. The van der Waals surface area contributed by atoms with Crippen molar-refractivity contribution in [3.05, 3.63) is 102 Å². The van der Waals surface area contributed by atoms with Crippen LogP contribution in [0.3, 0.4) is 0 Å². The molecule has 0 saturated carbocycles. The molecule has 0 fully saturated rings. The van der Waals surface area contributed by atoms with Gasteiger partial charge in [-0.15, -0.1) is 0 Å². The Bertz CT molecular complexity index is 1350. The molecule has 2 nitrogen and oxygen atoms in total. The topological polar surface area (TPSA) is 14.2 Å². The van der Waals surface area contributed by atoms with E-state index >= 15 is 0 Å². The predicted octanol–water partition coefficient (Wildman–Crippen LogP) is 7.22. The predicted molar refractivity (Wildman–Crippen MR) is 119 cm³/mol. The molecule has 1 aliphatic heterocycles. The fraction of sp³-hybridized carbons (Fsp3) is 0.111. The lowest BCUT2D eigenvalue weighted by Gasteiger charge is -2.34. The van der Waals surface area contributed by atoms with Crippen LogP contribution in [0, 0.1) is 0 Å². The van der Waals surface area contributed by atoms with Gasteiger partial charge in [-0.05, 0) is 36.4 Å². The minimum Gasteiger partial charge on any atom is -0.457 e. The lowest BCUT2D eigenvalue weighted by atomic mass is 9.75. The maximum absolute atomic E-state index is 6.25. The summed E-state index contributed by atoms with van der Waals surface area (Å²) in [6, 6.07) is 32.2. The van der Waals surface area contributed by atoms with E-state index in [4.69, 9.17) is 4.74 Å². The van der Waals surface area contributed by atoms with Crippen molar-refractivity contribution < 1.29 is 4.74 Å². The first-order valence-electron chi connectivity index (χ1n) is 10.0. The molecule has 2 heterocycles. The highest BCUT2D eigenvalue weighted by Crippen LogP contribution is 2.48. The largest absolute Gasteiger partial charge is 0.457 e. The van der Waals surface area contributed by atoms with Gasteiger partial charge in [0.25, 0.3) is 0 Å². The van der Waals surface area contributed by atoms with Gasteiger partial charge in [-0.2, -0.15) is 0 Å². The Hall–Kier alpha value is -3.52. The second-order valence-corrected chi connectivity index (χ2v) is 8.27. The quantitative estimate of drug-likeness (QED) is 0.302. The van der Waals surface area contributed by atoms with Crippen LogP contribution in [0.15, 0.2) is 91.0 Å². The van der Waals surface area contributed by atoms with E-state index in [1.165, 1.54) is 32.9 Å². The second kappa shape index (κ2) is 5.74. The van der Waals surface area contributed by atoms with Crippen molar-refractivity contribution in [2.45, 2.75) is 19.3 Å². The fourth-order valence-corrected chi connectivity index (χ4v) is 4.77. The molecular formula is C27H21NO. The van der Waals surface area contributed by atoms with Crippen LogP contribution in [0.4, 0.5) is 0 Å². The summed E-state index contributed by atoms with van der Waals surface area (Å²) >= 11 is 0. The van der Waals surface area contributed by atoms with Crippen LogP contribution in [0.1, 0.15) is 25.0 Å². The van der Waals surface area contributed by atoms with E-state index in [-0.39, 0.29) is 5.41 Å². The first kappa shape index (κ1) is 16.4. The van der Waals surface area contributed by atoms with Crippen molar-refractivity contribution in [3.8, 4) is 17.2 Å². The average Bonchev–Trinajstić information content (AvgIpc) is 3.08. The maximum Gasteiger partial charge on any atom is 0.131 e. The second-order valence-electron chi connectivity index (χ2n) is 8.27. The van der Waals surface area contributed by atoms with Crippen LogP contribution in [0.2, 0.25) is 0 Å². The number of ether oxygens (including phenoxy) is 1. The summed E-state index contributed by atoms with van der Waals surface area (Å²) in [5, 5.41) is 2.56. The van der Waals surface area contributed by atoms with Gasteiger partial charge in [0.2, 0.25) is 0 Å². The zero-order valence-corrected chi connectivity index (χ0v) is 16.5. The maximum atomic E-state index is 6.25. The summed E-state index contributed by atoms with van der Waals surface area (Å²) in [5.41, 5.74) is 5.94. The molecule has 1 aromatic heterocycles. The summed E-state index contributed by atoms with van der Waals surface area (Å²) in [6.07, 6.45) is 0. The van der Waals surface area contributed by atoms with E-state index < -0.39 is 0 Å². The van der Waals surface area contributed by atoms with Gasteiger partial charge in [-0.25, -0.2) is 0 Å². The number of nitrogens with zero attached hydrogens (tertiary/aromatic N) is 1. The normalized spacial score (nSPS) is 14.4. The Kier molecular flexibility index (Phi) is 3.25. The Morgan fingerprint density at radius 1 is 0.621 bits per heavy atom. The molecule has 5 aromatic rings. The Morgan fingerprint density at radius 2 is 1.21 bits per heavy atom. The zero-order chi connectivity index (χ0) is 19.6. The molecule has 0 bridgehead atoms. The summed E-state index contributed by atoms with van der Waals surface area (Å²) in [6.45, 7) is 4.56. The first-order chi connectivity index (χ1) is 14.1. The molecule has 0 N–H and O–H groups in total. The summed E-state index contributed by atoms with van der Waals surface area (Å²) in [5.74, 6) is 1.90. The number of benzene rings is 4. The third-order valence-corrected chi connectivity index (χ3v) is 6.26. The molecule has 1 aliphatic rings. The van der Waals surface area contributed by atoms with Crippen LogP contribution in [-0.2, 0) is 5.41 Å². The van der Waals surface area contributed by atoms with Crippen molar-refractivity contribution in [1.29, 1.82) is 0 Å².